The lowest BCUT2D eigenvalue weighted by Gasteiger charge is -2.36. The van der Waals surface area contributed by atoms with E-state index in [1.54, 1.807) is 0 Å². The van der Waals surface area contributed by atoms with Gasteiger partial charge in [0, 0.05) is 10.6 Å². The Labute approximate surface area is 163 Å². The molecule has 0 amide bonds. The Morgan fingerprint density at radius 3 is 1.85 bits per heavy atom. The monoisotopic (exact) mass is 382 g/mol. The van der Waals surface area contributed by atoms with E-state index in [1.807, 2.05) is 74.5 Å². The highest BCUT2D eigenvalue weighted by molar-refractivity contribution is 7.79. The topological polar surface area (TPSA) is 37.3 Å². The van der Waals surface area contributed by atoms with Crippen LogP contribution in [0.5, 0.6) is 0 Å². The third-order valence-electron chi connectivity index (χ3n) is 5.69. The number of benzene rings is 2. The first-order valence-corrected chi connectivity index (χ1v) is 11.8. The summed E-state index contributed by atoms with van der Waals surface area (Å²) in [7, 11) is -3.04. The summed E-state index contributed by atoms with van der Waals surface area (Å²) in [5.74, 6) is 0.222. The molecule has 1 aliphatic carbocycles. The van der Waals surface area contributed by atoms with Crippen molar-refractivity contribution in [1.29, 1.82) is 0 Å². The van der Waals surface area contributed by atoms with Gasteiger partial charge in [0.15, 0.2) is 7.14 Å². The summed E-state index contributed by atoms with van der Waals surface area (Å²) in [6.07, 6.45) is 7.07. The van der Waals surface area contributed by atoms with E-state index in [-0.39, 0.29) is 5.92 Å². The van der Waals surface area contributed by atoms with Gasteiger partial charge in [-0.05, 0) is 32.6 Å². The Morgan fingerprint density at radius 2 is 1.41 bits per heavy atom. The summed E-state index contributed by atoms with van der Waals surface area (Å²) in [5, 5.41) is 13.1. The standard InChI is InChI=1S/C24H31O2P/c1-19(2)18-23(24(25)20-12-6-3-7-13-20)27(26,21-14-8-4-9-15-21)22-16-10-5-11-17-22/h4-5,8-11,14-18,20,23-25H,3,6-7,12-13H2,1-2H3/t23-,24+/m0/s1. The van der Waals surface area contributed by atoms with Crippen LogP contribution in [0.4, 0.5) is 0 Å². The van der Waals surface area contributed by atoms with Crippen LogP contribution in [0.25, 0.3) is 0 Å². The Hall–Kier alpha value is -1.63. The van der Waals surface area contributed by atoms with Gasteiger partial charge in [0.2, 0.25) is 0 Å². The number of allylic oxidation sites excluding steroid dienone is 1. The van der Waals surface area contributed by atoms with Gasteiger partial charge in [-0.2, -0.15) is 0 Å². The van der Waals surface area contributed by atoms with E-state index in [1.165, 1.54) is 6.42 Å². The summed E-state index contributed by atoms with van der Waals surface area (Å²) in [6, 6.07) is 19.5. The quantitative estimate of drug-likeness (QED) is 0.545. The van der Waals surface area contributed by atoms with Crippen molar-refractivity contribution in [2.45, 2.75) is 57.7 Å². The maximum absolute atomic E-state index is 14.7. The maximum Gasteiger partial charge on any atom is 0.152 e. The molecule has 3 heteroatoms. The molecule has 2 aromatic carbocycles. The average molecular weight is 382 g/mol. The maximum atomic E-state index is 14.7. The second-order valence-corrected chi connectivity index (χ2v) is 10.9. The first kappa shape index (κ1) is 20.1. The van der Waals surface area contributed by atoms with Gasteiger partial charge in [0.05, 0.1) is 11.8 Å². The van der Waals surface area contributed by atoms with Gasteiger partial charge in [-0.1, -0.05) is 91.6 Å². The van der Waals surface area contributed by atoms with E-state index in [0.717, 1.165) is 41.9 Å². The predicted molar refractivity (Wildman–Crippen MR) is 116 cm³/mol. The molecule has 1 aliphatic rings. The van der Waals surface area contributed by atoms with E-state index in [2.05, 4.69) is 6.08 Å². The molecule has 0 aromatic heterocycles. The molecule has 0 unspecified atom stereocenters. The minimum atomic E-state index is -3.04. The molecule has 1 fully saturated rings. The predicted octanol–water partition coefficient (Wildman–Crippen LogP) is 5.28. The summed E-state index contributed by atoms with van der Waals surface area (Å²) < 4.78 is 14.7. The Kier molecular flexibility index (Phi) is 6.73. The molecular weight excluding hydrogens is 351 g/mol. The van der Waals surface area contributed by atoms with Crippen LogP contribution in [0.15, 0.2) is 72.3 Å². The van der Waals surface area contributed by atoms with Crippen LogP contribution in [0.2, 0.25) is 0 Å². The van der Waals surface area contributed by atoms with Crippen molar-refractivity contribution < 1.29 is 9.67 Å². The smallest absolute Gasteiger partial charge is 0.152 e. The van der Waals surface area contributed by atoms with Crippen LogP contribution >= 0.6 is 7.14 Å². The van der Waals surface area contributed by atoms with Gasteiger partial charge in [-0.3, -0.25) is 0 Å². The molecule has 27 heavy (non-hydrogen) atoms. The Balaban J connectivity index is 2.14. The van der Waals surface area contributed by atoms with E-state index >= 15 is 0 Å². The van der Waals surface area contributed by atoms with E-state index < -0.39 is 18.9 Å². The van der Waals surface area contributed by atoms with Gasteiger partial charge in [-0.25, -0.2) is 0 Å². The lowest BCUT2D eigenvalue weighted by Crippen LogP contribution is -2.38. The normalized spacial score (nSPS) is 17.9. The van der Waals surface area contributed by atoms with Crippen molar-refractivity contribution >= 4 is 17.8 Å². The Morgan fingerprint density at radius 1 is 0.926 bits per heavy atom. The summed E-state index contributed by atoms with van der Waals surface area (Å²) in [4.78, 5) is 0. The number of hydrogen-bond donors (Lipinski definition) is 1. The van der Waals surface area contributed by atoms with E-state index in [4.69, 9.17) is 0 Å². The fraction of sp³-hybridized carbons (Fsp3) is 0.417. The third-order valence-corrected chi connectivity index (χ3v) is 9.11. The summed E-state index contributed by atoms with van der Waals surface area (Å²) in [6.45, 7) is 4.06. The molecule has 1 saturated carbocycles. The largest absolute Gasteiger partial charge is 0.392 e. The van der Waals surface area contributed by atoms with Crippen molar-refractivity contribution in [3.05, 3.63) is 72.3 Å². The highest BCUT2D eigenvalue weighted by Gasteiger charge is 2.42. The lowest BCUT2D eigenvalue weighted by atomic mass is 9.84. The lowest BCUT2D eigenvalue weighted by molar-refractivity contribution is 0.0894. The van der Waals surface area contributed by atoms with E-state index in [9.17, 15) is 9.67 Å². The van der Waals surface area contributed by atoms with Crippen molar-refractivity contribution in [3.63, 3.8) is 0 Å². The van der Waals surface area contributed by atoms with E-state index in [0.29, 0.717) is 0 Å². The first-order chi connectivity index (χ1) is 13.0. The van der Waals surface area contributed by atoms with Crippen molar-refractivity contribution in [2.75, 3.05) is 0 Å². The SMILES string of the molecule is CC(C)=C[C@@H]([C@H](O)C1CCCCC1)P(=O)(c1ccccc1)c1ccccc1. The van der Waals surface area contributed by atoms with Gasteiger partial charge in [0.25, 0.3) is 0 Å². The molecule has 0 aliphatic heterocycles. The second kappa shape index (κ2) is 9.04. The molecule has 2 atom stereocenters. The van der Waals surface area contributed by atoms with Gasteiger partial charge in [-0.15, -0.1) is 0 Å². The zero-order valence-electron chi connectivity index (χ0n) is 16.4. The molecule has 0 heterocycles. The first-order valence-electron chi connectivity index (χ1n) is 10.1. The second-order valence-electron chi connectivity index (χ2n) is 7.95. The number of aliphatic hydroxyl groups excluding tert-OH is 1. The van der Waals surface area contributed by atoms with Crippen LogP contribution in [-0.2, 0) is 4.57 Å². The highest BCUT2D eigenvalue weighted by atomic mass is 31.2. The summed E-state index contributed by atoms with van der Waals surface area (Å²) >= 11 is 0. The number of rotatable bonds is 6. The van der Waals surface area contributed by atoms with Gasteiger partial charge >= 0.3 is 0 Å². The molecule has 0 spiro atoms. The fourth-order valence-electron chi connectivity index (χ4n) is 4.31. The van der Waals surface area contributed by atoms with Crippen LogP contribution in [0, 0.1) is 5.92 Å². The number of aliphatic hydroxyl groups is 1. The molecular formula is C24H31O2P. The molecule has 3 rings (SSSR count). The van der Waals surface area contributed by atoms with Crippen LogP contribution in [0.1, 0.15) is 46.0 Å². The minimum Gasteiger partial charge on any atom is -0.392 e. The third kappa shape index (κ3) is 4.45. The van der Waals surface area contributed by atoms with Gasteiger partial charge in [0.1, 0.15) is 0 Å². The molecule has 0 saturated heterocycles. The molecule has 0 radical (unpaired) electrons. The molecule has 1 N–H and O–H groups in total. The molecule has 2 aromatic rings. The van der Waals surface area contributed by atoms with Crippen LogP contribution in [0.3, 0.4) is 0 Å². The molecule has 144 valence electrons. The van der Waals surface area contributed by atoms with Gasteiger partial charge < -0.3 is 9.67 Å². The average Bonchev–Trinajstić information content (AvgIpc) is 2.73. The van der Waals surface area contributed by atoms with Crippen molar-refractivity contribution in [2.24, 2.45) is 5.92 Å². The Bertz CT molecular complexity index is 744. The number of hydrogen-bond acceptors (Lipinski definition) is 2. The van der Waals surface area contributed by atoms with Crippen molar-refractivity contribution in [1.82, 2.24) is 0 Å². The molecule has 0 bridgehead atoms. The molecule has 2 nitrogen and oxygen atoms in total. The van der Waals surface area contributed by atoms with Crippen molar-refractivity contribution in [3.8, 4) is 0 Å². The zero-order valence-corrected chi connectivity index (χ0v) is 17.3. The zero-order chi connectivity index (χ0) is 19.3. The van der Waals surface area contributed by atoms with Crippen LogP contribution in [-0.4, -0.2) is 16.9 Å². The summed E-state index contributed by atoms with van der Waals surface area (Å²) in [5.41, 5.74) is 0.706. The highest BCUT2D eigenvalue weighted by Crippen LogP contribution is 2.52. The minimum absolute atomic E-state index is 0.222. The van der Waals surface area contributed by atoms with Crippen LogP contribution < -0.4 is 10.6 Å². The fourth-order valence-corrected chi connectivity index (χ4v) is 7.71.